The number of ether oxygens (including phenoxy) is 2. The smallest absolute Gasteiger partial charge is 0.322 e. The van der Waals surface area contributed by atoms with Crippen molar-refractivity contribution in [3.05, 3.63) is 48.5 Å². The van der Waals surface area contributed by atoms with Gasteiger partial charge in [0.05, 0.1) is 25.4 Å². The van der Waals surface area contributed by atoms with Crippen LogP contribution in [0.25, 0.3) is 11.1 Å². The van der Waals surface area contributed by atoms with Gasteiger partial charge in [0.1, 0.15) is 5.75 Å². The van der Waals surface area contributed by atoms with Crippen LogP contribution in [-0.4, -0.2) is 44.3 Å². The third kappa shape index (κ3) is 4.17. The van der Waals surface area contributed by atoms with E-state index in [4.69, 9.17) is 9.47 Å². The molecule has 1 fully saturated rings. The zero-order chi connectivity index (χ0) is 18.4. The number of nitrogens with zero attached hydrogens (tertiary/aromatic N) is 1. The van der Waals surface area contributed by atoms with Crippen molar-refractivity contribution in [2.45, 2.75) is 25.3 Å². The Labute approximate surface area is 154 Å². The summed E-state index contributed by atoms with van der Waals surface area (Å²) in [4.78, 5) is 14.7. The summed E-state index contributed by atoms with van der Waals surface area (Å²) in [5, 5.41) is 3.04. The van der Waals surface area contributed by atoms with Crippen LogP contribution in [0.2, 0.25) is 0 Å². The first-order valence-corrected chi connectivity index (χ1v) is 9.03. The van der Waals surface area contributed by atoms with Gasteiger partial charge in [-0.15, -0.1) is 0 Å². The van der Waals surface area contributed by atoms with Crippen molar-refractivity contribution in [3.8, 4) is 16.9 Å². The predicted octanol–water partition coefficient (Wildman–Crippen LogP) is 4.40. The van der Waals surface area contributed by atoms with E-state index in [1.807, 2.05) is 53.4 Å². The molecule has 2 aromatic rings. The number of anilines is 1. The lowest BCUT2D eigenvalue weighted by atomic mass is 10.0. The number of nitrogens with one attached hydrogen (secondary N) is 1. The Morgan fingerprint density at radius 3 is 2.65 bits per heavy atom. The van der Waals surface area contributed by atoms with E-state index in [1.165, 1.54) is 0 Å². The van der Waals surface area contributed by atoms with Crippen LogP contribution in [0.5, 0.6) is 5.75 Å². The van der Waals surface area contributed by atoms with Crippen LogP contribution in [-0.2, 0) is 4.74 Å². The summed E-state index contributed by atoms with van der Waals surface area (Å²) in [6.07, 6.45) is 3.13. The van der Waals surface area contributed by atoms with Gasteiger partial charge in [0.25, 0.3) is 0 Å². The molecule has 3 rings (SSSR count). The molecule has 0 bridgehead atoms. The van der Waals surface area contributed by atoms with E-state index in [2.05, 4.69) is 5.32 Å². The molecule has 1 saturated heterocycles. The minimum Gasteiger partial charge on any atom is -0.495 e. The summed E-state index contributed by atoms with van der Waals surface area (Å²) in [6, 6.07) is 16.0. The standard InChI is InChI=1S/C21H26N2O3/c1-25-15-18-10-6-7-13-23(18)21(24)22-19-14-17(11-12-20(19)26-2)16-8-4-3-5-9-16/h3-5,8-9,11-12,14,18H,6-7,10,13,15H2,1-2H3,(H,22,24). The first-order valence-electron chi connectivity index (χ1n) is 9.03. The summed E-state index contributed by atoms with van der Waals surface area (Å²) >= 11 is 0. The van der Waals surface area contributed by atoms with Gasteiger partial charge < -0.3 is 19.7 Å². The first kappa shape index (κ1) is 18.3. The second-order valence-electron chi connectivity index (χ2n) is 6.51. The first-order chi connectivity index (χ1) is 12.7. The summed E-state index contributed by atoms with van der Waals surface area (Å²) in [6.45, 7) is 1.31. The molecule has 5 nitrogen and oxygen atoms in total. The third-order valence-electron chi connectivity index (χ3n) is 4.80. The number of carbonyl (C=O) groups is 1. The van der Waals surface area contributed by atoms with E-state index in [-0.39, 0.29) is 12.1 Å². The van der Waals surface area contributed by atoms with Crippen molar-refractivity contribution in [1.29, 1.82) is 0 Å². The highest BCUT2D eigenvalue weighted by Gasteiger charge is 2.27. The van der Waals surface area contributed by atoms with E-state index in [9.17, 15) is 4.79 Å². The summed E-state index contributed by atoms with van der Waals surface area (Å²) in [7, 11) is 3.29. The van der Waals surface area contributed by atoms with Gasteiger partial charge in [-0.2, -0.15) is 0 Å². The Kier molecular flexibility index (Phi) is 6.12. The molecule has 0 saturated carbocycles. The molecule has 1 unspecified atom stereocenters. The summed E-state index contributed by atoms with van der Waals surface area (Å²) in [5.74, 6) is 0.651. The van der Waals surface area contributed by atoms with Crippen LogP contribution in [0, 0.1) is 0 Å². The van der Waals surface area contributed by atoms with Crippen LogP contribution >= 0.6 is 0 Å². The minimum absolute atomic E-state index is 0.102. The van der Waals surface area contributed by atoms with E-state index in [0.29, 0.717) is 18.0 Å². The van der Waals surface area contributed by atoms with E-state index in [1.54, 1.807) is 14.2 Å². The average Bonchev–Trinajstić information content (AvgIpc) is 2.69. The topological polar surface area (TPSA) is 50.8 Å². The van der Waals surface area contributed by atoms with Gasteiger partial charge in [-0.05, 0) is 42.5 Å². The van der Waals surface area contributed by atoms with Gasteiger partial charge in [-0.1, -0.05) is 36.4 Å². The number of methoxy groups -OCH3 is 2. The fraction of sp³-hybridized carbons (Fsp3) is 0.381. The van der Waals surface area contributed by atoms with Gasteiger partial charge in [0.2, 0.25) is 0 Å². The molecule has 2 amide bonds. The Balaban J connectivity index is 1.82. The molecule has 26 heavy (non-hydrogen) atoms. The molecular formula is C21H26N2O3. The molecular weight excluding hydrogens is 328 g/mol. The number of piperidine rings is 1. The molecule has 138 valence electrons. The van der Waals surface area contributed by atoms with E-state index in [0.717, 1.165) is 36.9 Å². The lowest BCUT2D eigenvalue weighted by Crippen LogP contribution is -2.47. The quantitative estimate of drug-likeness (QED) is 0.866. The SMILES string of the molecule is COCC1CCCCN1C(=O)Nc1cc(-c2ccccc2)ccc1OC. The fourth-order valence-corrected chi connectivity index (χ4v) is 3.44. The molecule has 1 N–H and O–H groups in total. The van der Waals surface area contributed by atoms with Gasteiger partial charge in [-0.3, -0.25) is 0 Å². The highest BCUT2D eigenvalue weighted by atomic mass is 16.5. The number of urea groups is 1. The van der Waals surface area contributed by atoms with Crippen molar-refractivity contribution in [2.24, 2.45) is 0 Å². The number of amides is 2. The Morgan fingerprint density at radius 1 is 1.12 bits per heavy atom. The van der Waals surface area contributed by atoms with Crippen LogP contribution in [0.1, 0.15) is 19.3 Å². The Morgan fingerprint density at radius 2 is 1.92 bits per heavy atom. The zero-order valence-electron chi connectivity index (χ0n) is 15.4. The van der Waals surface area contributed by atoms with Crippen LogP contribution < -0.4 is 10.1 Å². The van der Waals surface area contributed by atoms with Crippen molar-refractivity contribution in [3.63, 3.8) is 0 Å². The van der Waals surface area contributed by atoms with E-state index >= 15 is 0 Å². The summed E-state index contributed by atoms with van der Waals surface area (Å²) < 4.78 is 10.7. The van der Waals surface area contributed by atoms with Crippen molar-refractivity contribution in [1.82, 2.24) is 4.90 Å². The summed E-state index contributed by atoms with van der Waals surface area (Å²) in [5.41, 5.74) is 2.82. The number of likely N-dealkylation sites (tertiary alicyclic amines) is 1. The molecule has 1 aliphatic rings. The minimum atomic E-state index is -0.102. The van der Waals surface area contributed by atoms with Crippen molar-refractivity contribution in [2.75, 3.05) is 32.7 Å². The molecule has 1 heterocycles. The number of carbonyl (C=O) groups excluding carboxylic acids is 1. The maximum Gasteiger partial charge on any atom is 0.322 e. The van der Waals surface area contributed by atoms with Crippen molar-refractivity contribution < 1.29 is 14.3 Å². The maximum absolute atomic E-state index is 12.9. The predicted molar refractivity (Wildman–Crippen MR) is 104 cm³/mol. The van der Waals surface area contributed by atoms with Crippen LogP contribution in [0.15, 0.2) is 48.5 Å². The molecule has 0 radical (unpaired) electrons. The second kappa shape index (κ2) is 8.72. The molecule has 2 aromatic carbocycles. The monoisotopic (exact) mass is 354 g/mol. The molecule has 0 spiro atoms. The van der Waals surface area contributed by atoms with E-state index < -0.39 is 0 Å². The molecule has 0 aliphatic carbocycles. The molecule has 1 aliphatic heterocycles. The second-order valence-corrected chi connectivity index (χ2v) is 6.51. The fourth-order valence-electron chi connectivity index (χ4n) is 3.44. The highest BCUT2D eigenvalue weighted by Crippen LogP contribution is 2.31. The van der Waals surface area contributed by atoms with Gasteiger partial charge in [-0.25, -0.2) is 4.79 Å². The van der Waals surface area contributed by atoms with Gasteiger partial charge in [0, 0.05) is 13.7 Å². The van der Waals surface area contributed by atoms with Gasteiger partial charge in [0.15, 0.2) is 0 Å². The highest BCUT2D eigenvalue weighted by molar-refractivity contribution is 5.92. The average molecular weight is 354 g/mol. The largest absolute Gasteiger partial charge is 0.495 e. The van der Waals surface area contributed by atoms with Gasteiger partial charge >= 0.3 is 6.03 Å². The molecule has 0 aromatic heterocycles. The Hall–Kier alpha value is -2.53. The third-order valence-corrected chi connectivity index (χ3v) is 4.80. The molecule has 1 atom stereocenters. The maximum atomic E-state index is 12.9. The Bertz CT molecular complexity index is 731. The lowest BCUT2D eigenvalue weighted by molar-refractivity contribution is 0.0877. The van der Waals surface area contributed by atoms with Crippen LogP contribution in [0.3, 0.4) is 0 Å². The number of hydrogen-bond acceptors (Lipinski definition) is 3. The van der Waals surface area contributed by atoms with Crippen molar-refractivity contribution >= 4 is 11.7 Å². The molecule has 5 heteroatoms. The zero-order valence-corrected chi connectivity index (χ0v) is 15.4. The number of hydrogen-bond donors (Lipinski definition) is 1. The normalized spacial score (nSPS) is 17.0. The van der Waals surface area contributed by atoms with Crippen LogP contribution in [0.4, 0.5) is 10.5 Å². The number of rotatable bonds is 5. The lowest BCUT2D eigenvalue weighted by Gasteiger charge is -2.35. The number of benzene rings is 2.